The van der Waals surface area contributed by atoms with Gasteiger partial charge in [0, 0.05) is 18.5 Å². The molecule has 0 heterocycles. The third kappa shape index (κ3) is 11.2. The van der Waals surface area contributed by atoms with Crippen LogP contribution in [0.25, 0.3) is 0 Å². The molecule has 0 fully saturated rings. The number of rotatable bonds is 15. The number of nitrogens with two attached hydrogens (primary N) is 1. The first kappa shape index (κ1) is 36.2. The molecule has 2 unspecified atom stereocenters. The van der Waals surface area contributed by atoms with Crippen LogP contribution < -0.4 is 16.4 Å². The van der Waals surface area contributed by atoms with Crippen LogP contribution in [0, 0.1) is 19.3 Å². The molecule has 238 valence electrons. The highest BCUT2D eigenvalue weighted by Crippen LogP contribution is 2.31. The predicted molar refractivity (Wildman–Crippen MR) is 174 cm³/mol. The summed E-state index contributed by atoms with van der Waals surface area (Å²) in [6.07, 6.45) is 9.19. The Morgan fingerprint density at radius 1 is 1.05 bits per heavy atom. The van der Waals surface area contributed by atoms with Crippen LogP contribution in [0.5, 0.6) is 0 Å². The number of amides is 4. The number of carbonyl (C=O) groups excluding carboxylic acids is 4. The van der Waals surface area contributed by atoms with E-state index in [4.69, 9.17) is 28.5 Å². The van der Waals surface area contributed by atoms with Gasteiger partial charge in [-0.05, 0) is 63.8 Å². The maximum absolute atomic E-state index is 14.4. The van der Waals surface area contributed by atoms with Crippen LogP contribution >= 0.6 is 11.6 Å². The van der Waals surface area contributed by atoms with Gasteiger partial charge in [0.1, 0.15) is 17.7 Å². The average molecular weight is 625 g/mol. The second-order valence-electron chi connectivity index (χ2n) is 11.7. The molecule has 0 bridgehead atoms. The van der Waals surface area contributed by atoms with Crippen LogP contribution in [0.15, 0.2) is 42.5 Å². The minimum absolute atomic E-state index is 0.0888. The van der Waals surface area contributed by atoms with Gasteiger partial charge in [-0.25, -0.2) is 4.79 Å². The fraction of sp³-hybridized carbons (Fsp3) is 0.471. The number of unbranched alkanes of at least 4 members (excludes halogenated alkanes) is 4. The highest BCUT2D eigenvalue weighted by molar-refractivity contribution is 6.34. The molecule has 0 radical (unpaired) electrons. The average Bonchev–Trinajstić information content (AvgIpc) is 2.95. The molecule has 9 nitrogen and oxygen atoms in total. The van der Waals surface area contributed by atoms with E-state index in [0.717, 1.165) is 31.2 Å². The zero-order valence-electron chi connectivity index (χ0n) is 26.4. The smallest absolute Gasteiger partial charge is 0.408 e. The molecular weight excluding hydrogens is 580 g/mol. The summed E-state index contributed by atoms with van der Waals surface area (Å²) in [6, 6.07) is 9.75. The summed E-state index contributed by atoms with van der Waals surface area (Å²) in [5, 5.41) is 5.86. The molecule has 0 spiro atoms. The number of anilines is 1. The summed E-state index contributed by atoms with van der Waals surface area (Å²) < 4.78 is 5.41. The molecule has 0 aliphatic heterocycles. The summed E-state index contributed by atoms with van der Waals surface area (Å²) in [5.74, 6) is 0.885. The summed E-state index contributed by atoms with van der Waals surface area (Å²) >= 11 is 6.46. The Morgan fingerprint density at radius 3 is 2.34 bits per heavy atom. The molecule has 2 rings (SSSR count). The number of carbonyl (C=O) groups is 4. The van der Waals surface area contributed by atoms with Crippen molar-refractivity contribution in [2.45, 2.75) is 97.2 Å². The number of benzene rings is 2. The second-order valence-corrected chi connectivity index (χ2v) is 12.1. The molecule has 10 heteroatoms. The number of alkyl carbamates (subject to hydrolysis) is 1. The van der Waals surface area contributed by atoms with Gasteiger partial charge in [0.2, 0.25) is 11.8 Å². The van der Waals surface area contributed by atoms with Crippen molar-refractivity contribution in [3.8, 4) is 12.3 Å². The number of ether oxygens (including phenoxy) is 1. The fourth-order valence-corrected chi connectivity index (χ4v) is 5.01. The fourth-order valence-electron chi connectivity index (χ4n) is 4.75. The monoisotopic (exact) mass is 624 g/mol. The lowest BCUT2D eigenvalue weighted by Gasteiger charge is -2.35. The largest absolute Gasteiger partial charge is 0.444 e. The number of halogens is 1. The zero-order chi connectivity index (χ0) is 32.9. The van der Waals surface area contributed by atoms with Crippen LogP contribution in [0.1, 0.15) is 95.4 Å². The first-order valence-corrected chi connectivity index (χ1v) is 15.4. The molecular formula is C34H45ClN4O5. The number of nitrogens with one attached hydrogen (secondary N) is 2. The van der Waals surface area contributed by atoms with Gasteiger partial charge in [0.05, 0.1) is 10.7 Å². The lowest BCUT2D eigenvalue weighted by molar-refractivity contribution is -0.141. The third-order valence-electron chi connectivity index (χ3n) is 6.90. The molecule has 2 aromatic rings. The standard InChI is InChI=1S/C34H45ClN4O5/c1-7-9-10-11-14-22-39(32(42)27(20-21-28(36)40)37-33(43)44-34(4,5)6)30(25-18-13-12-17-24(25)8-2)31(41)38-29-23(3)16-15-19-26(29)35/h2,12-13,15-19,27,30H,7,9-11,14,20-22H2,1,3-6H3,(H2,36,40)(H,37,43)(H,38,41). The van der Waals surface area contributed by atoms with Crippen LogP contribution in [0.4, 0.5) is 10.5 Å². The number of hydrogen-bond donors (Lipinski definition) is 3. The molecule has 0 aliphatic rings. The zero-order valence-corrected chi connectivity index (χ0v) is 27.1. The van der Waals surface area contributed by atoms with Crippen molar-refractivity contribution in [1.82, 2.24) is 10.2 Å². The van der Waals surface area contributed by atoms with Gasteiger partial charge in [-0.1, -0.05) is 80.5 Å². The van der Waals surface area contributed by atoms with Crippen LogP contribution in [-0.4, -0.2) is 46.9 Å². The predicted octanol–water partition coefficient (Wildman–Crippen LogP) is 6.27. The molecule has 0 aliphatic carbocycles. The minimum atomic E-state index is -1.21. The topological polar surface area (TPSA) is 131 Å². The molecule has 44 heavy (non-hydrogen) atoms. The minimum Gasteiger partial charge on any atom is -0.444 e. The summed E-state index contributed by atoms with van der Waals surface area (Å²) in [7, 11) is 0. The third-order valence-corrected chi connectivity index (χ3v) is 7.21. The van der Waals surface area contributed by atoms with E-state index in [0.29, 0.717) is 28.3 Å². The number of primary amides is 1. The first-order chi connectivity index (χ1) is 20.8. The Balaban J connectivity index is 2.65. The number of terminal acetylenes is 1. The van der Waals surface area contributed by atoms with E-state index in [1.165, 1.54) is 4.90 Å². The number of para-hydroxylation sites is 1. The molecule has 0 saturated carbocycles. The molecule has 4 amide bonds. The van der Waals surface area contributed by atoms with Crippen LogP contribution in [0.3, 0.4) is 0 Å². The first-order valence-electron chi connectivity index (χ1n) is 15.0. The van der Waals surface area contributed by atoms with E-state index in [9.17, 15) is 19.2 Å². The van der Waals surface area contributed by atoms with Crippen LogP contribution in [-0.2, 0) is 19.1 Å². The highest BCUT2D eigenvalue weighted by Gasteiger charge is 2.37. The van der Waals surface area contributed by atoms with E-state index in [2.05, 4.69) is 23.5 Å². The van der Waals surface area contributed by atoms with Gasteiger partial charge < -0.3 is 26.0 Å². The lowest BCUT2D eigenvalue weighted by Crippen LogP contribution is -2.53. The van der Waals surface area contributed by atoms with Crippen molar-refractivity contribution in [3.63, 3.8) is 0 Å². The van der Waals surface area contributed by atoms with E-state index < -0.39 is 41.5 Å². The van der Waals surface area contributed by atoms with Gasteiger partial charge in [-0.2, -0.15) is 0 Å². The van der Waals surface area contributed by atoms with Gasteiger partial charge >= 0.3 is 6.09 Å². The van der Waals surface area contributed by atoms with Crippen LogP contribution in [0.2, 0.25) is 5.02 Å². The van der Waals surface area contributed by atoms with E-state index in [-0.39, 0.29) is 19.4 Å². The Kier molecular flexibility index (Phi) is 14.2. The molecule has 2 atom stereocenters. The van der Waals surface area contributed by atoms with Crippen molar-refractivity contribution in [2.24, 2.45) is 5.73 Å². The normalized spacial score (nSPS) is 12.4. The van der Waals surface area contributed by atoms with Crippen molar-refractivity contribution >= 4 is 41.1 Å². The second kappa shape index (κ2) is 17.3. The van der Waals surface area contributed by atoms with Gasteiger partial charge in [0.25, 0.3) is 5.91 Å². The van der Waals surface area contributed by atoms with Crippen molar-refractivity contribution < 1.29 is 23.9 Å². The Hall–Kier alpha value is -4.03. The molecule has 4 N–H and O–H groups in total. The SMILES string of the molecule is C#Cc1ccccc1C(C(=O)Nc1c(C)cccc1Cl)N(CCCCCCC)C(=O)C(CCC(N)=O)NC(=O)OC(C)(C)C. The number of nitrogens with zero attached hydrogens (tertiary/aromatic N) is 1. The quantitative estimate of drug-likeness (QED) is 0.159. The number of aryl methyl sites for hydroxylation is 1. The summed E-state index contributed by atoms with van der Waals surface area (Å²) in [4.78, 5) is 54.7. The number of hydrogen-bond acceptors (Lipinski definition) is 5. The van der Waals surface area contributed by atoms with E-state index in [1.807, 2.05) is 13.0 Å². The van der Waals surface area contributed by atoms with E-state index >= 15 is 0 Å². The Morgan fingerprint density at radius 2 is 1.73 bits per heavy atom. The maximum atomic E-state index is 14.4. The Labute approximate surface area is 266 Å². The van der Waals surface area contributed by atoms with E-state index in [1.54, 1.807) is 57.2 Å². The lowest BCUT2D eigenvalue weighted by atomic mass is 9.96. The van der Waals surface area contributed by atoms with Crippen molar-refractivity contribution in [3.05, 3.63) is 64.2 Å². The van der Waals surface area contributed by atoms with Gasteiger partial charge in [-0.15, -0.1) is 6.42 Å². The maximum Gasteiger partial charge on any atom is 0.408 e. The van der Waals surface area contributed by atoms with Gasteiger partial charge in [0.15, 0.2) is 0 Å². The van der Waals surface area contributed by atoms with Gasteiger partial charge in [-0.3, -0.25) is 14.4 Å². The highest BCUT2D eigenvalue weighted by atomic mass is 35.5. The summed E-state index contributed by atoms with van der Waals surface area (Å²) in [5.41, 5.74) is 6.60. The molecule has 0 saturated heterocycles. The van der Waals surface area contributed by atoms with Crippen molar-refractivity contribution in [2.75, 3.05) is 11.9 Å². The summed E-state index contributed by atoms with van der Waals surface area (Å²) in [6.45, 7) is 9.20. The molecule has 0 aromatic heterocycles. The Bertz CT molecular complexity index is 1330. The van der Waals surface area contributed by atoms with Crippen molar-refractivity contribution in [1.29, 1.82) is 0 Å². The molecule has 2 aromatic carbocycles.